The van der Waals surface area contributed by atoms with Gasteiger partial charge in [0.1, 0.15) is 5.75 Å². The molecule has 5 nitrogen and oxygen atoms in total. The van der Waals surface area contributed by atoms with E-state index in [1.807, 2.05) is 13.0 Å². The van der Waals surface area contributed by atoms with Crippen molar-refractivity contribution in [2.45, 2.75) is 12.5 Å². The van der Waals surface area contributed by atoms with Crippen LogP contribution in [0.1, 0.15) is 12.5 Å². The molecule has 0 aromatic heterocycles. The second kappa shape index (κ2) is 3.23. The Morgan fingerprint density at radius 3 is 2.82 bits per heavy atom. The first-order valence-electron chi connectivity index (χ1n) is 5.41. The van der Waals surface area contributed by atoms with Gasteiger partial charge in [-0.1, -0.05) is 25.1 Å². The van der Waals surface area contributed by atoms with E-state index in [9.17, 15) is 9.59 Å². The molecule has 2 aliphatic heterocycles. The first-order valence-corrected chi connectivity index (χ1v) is 5.41. The van der Waals surface area contributed by atoms with Crippen molar-refractivity contribution in [3.63, 3.8) is 0 Å². The van der Waals surface area contributed by atoms with Crippen LogP contribution in [0.2, 0.25) is 0 Å². The van der Waals surface area contributed by atoms with Gasteiger partial charge in [0.25, 0.3) is 5.91 Å². The number of hydrogen-bond donors (Lipinski definition) is 1. The third-order valence-corrected chi connectivity index (χ3v) is 3.28. The van der Waals surface area contributed by atoms with Crippen LogP contribution in [0.4, 0.5) is 4.79 Å². The number of para-hydroxylation sites is 1. The molecule has 1 aromatic carbocycles. The summed E-state index contributed by atoms with van der Waals surface area (Å²) in [6.07, 6.45) is -0.696. The molecule has 2 unspecified atom stereocenters. The van der Waals surface area contributed by atoms with E-state index in [2.05, 4.69) is 5.32 Å². The summed E-state index contributed by atoms with van der Waals surface area (Å²) < 4.78 is 10.8. The molecule has 0 radical (unpaired) electrons. The van der Waals surface area contributed by atoms with Crippen LogP contribution in [0.5, 0.6) is 5.75 Å². The summed E-state index contributed by atoms with van der Waals surface area (Å²) in [4.78, 5) is 23.3. The fourth-order valence-electron chi connectivity index (χ4n) is 2.40. The van der Waals surface area contributed by atoms with Crippen molar-refractivity contribution in [3.8, 4) is 5.75 Å². The summed E-state index contributed by atoms with van der Waals surface area (Å²) in [6, 6.07) is 7.13. The highest BCUT2D eigenvalue weighted by Gasteiger charge is 2.57. The Morgan fingerprint density at radius 1 is 1.35 bits per heavy atom. The summed E-state index contributed by atoms with van der Waals surface area (Å²) in [5.74, 6) is -0.0370. The standard InChI is InChI=1S/C12H11NO4/c1-7-6-16-9-5-3-2-4-8(9)12(7)10(14)13-11(15)17-12/h2-5,7H,6H2,1H3,(H,13,14,15). The summed E-state index contributed by atoms with van der Waals surface area (Å²) >= 11 is 0. The third-order valence-electron chi connectivity index (χ3n) is 3.28. The van der Waals surface area contributed by atoms with E-state index < -0.39 is 17.6 Å². The average molecular weight is 233 g/mol. The lowest BCUT2D eigenvalue weighted by atomic mass is 9.80. The van der Waals surface area contributed by atoms with Crippen LogP contribution in [-0.4, -0.2) is 18.6 Å². The van der Waals surface area contributed by atoms with E-state index in [0.29, 0.717) is 17.9 Å². The molecule has 1 saturated heterocycles. The molecule has 2 aliphatic rings. The van der Waals surface area contributed by atoms with Crippen LogP contribution in [0.25, 0.3) is 0 Å². The smallest absolute Gasteiger partial charge is 0.415 e. The number of nitrogens with one attached hydrogen (secondary N) is 1. The highest BCUT2D eigenvalue weighted by molar-refractivity contribution is 6.04. The number of imide groups is 1. The van der Waals surface area contributed by atoms with Gasteiger partial charge in [-0.2, -0.15) is 0 Å². The highest BCUT2D eigenvalue weighted by Crippen LogP contribution is 2.45. The largest absolute Gasteiger partial charge is 0.493 e. The molecule has 0 saturated carbocycles. The lowest BCUT2D eigenvalue weighted by Crippen LogP contribution is -2.47. The summed E-state index contributed by atoms with van der Waals surface area (Å²) in [7, 11) is 0. The van der Waals surface area contributed by atoms with Crippen molar-refractivity contribution < 1.29 is 19.1 Å². The maximum atomic E-state index is 12.0. The third kappa shape index (κ3) is 1.19. The Kier molecular flexibility index (Phi) is 1.92. The van der Waals surface area contributed by atoms with E-state index in [1.54, 1.807) is 18.2 Å². The quantitative estimate of drug-likeness (QED) is 0.730. The molecular formula is C12H11NO4. The Balaban J connectivity index is 2.22. The fraction of sp³-hybridized carbons (Fsp3) is 0.333. The normalized spacial score (nSPS) is 30.5. The molecule has 0 aliphatic carbocycles. The van der Waals surface area contributed by atoms with Crippen molar-refractivity contribution >= 4 is 12.0 Å². The number of rotatable bonds is 0. The van der Waals surface area contributed by atoms with Crippen molar-refractivity contribution in [1.29, 1.82) is 0 Å². The molecule has 1 aromatic rings. The van der Waals surface area contributed by atoms with E-state index in [4.69, 9.17) is 9.47 Å². The second-order valence-electron chi connectivity index (χ2n) is 4.29. The van der Waals surface area contributed by atoms with E-state index >= 15 is 0 Å². The van der Waals surface area contributed by atoms with Gasteiger partial charge >= 0.3 is 6.09 Å². The van der Waals surface area contributed by atoms with Crippen molar-refractivity contribution in [2.75, 3.05) is 6.61 Å². The van der Waals surface area contributed by atoms with Crippen molar-refractivity contribution in [3.05, 3.63) is 29.8 Å². The SMILES string of the molecule is CC1COc2ccccc2C12OC(=O)NC2=O. The summed E-state index contributed by atoms with van der Waals surface area (Å²) in [5, 5.41) is 2.19. The lowest BCUT2D eigenvalue weighted by Gasteiger charge is -2.36. The molecular weight excluding hydrogens is 222 g/mol. The monoisotopic (exact) mass is 233 g/mol. The predicted molar refractivity (Wildman–Crippen MR) is 57.4 cm³/mol. The first kappa shape index (κ1) is 10.1. The van der Waals surface area contributed by atoms with Crippen LogP contribution in [-0.2, 0) is 15.1 Å². The van der Waals surface area contributed by atoms with Gasteiger partial charge < -0.3 is 9.47 Å². The first-order chi connectivity index (χ1) is 8.14. The van der Waals surface area contributed by atoms with Crippen LogP contribution >= 0.6 is 0 Å². The fourth-order valence-corrected chi connectivity index (χ4v) is 2.40. The number of hydrogen-bond acceptors (Lipinski definition) is 4. The van der Waals surface area contributed by atoms with Crippen LogP contribution in [0, 0.1) is 5.92 Å². The molecule has 2 amide bonds. The molecule has 1 N–H and O–H groups in total. The van der Waals surface area contributed by atoms with Crippen LogP contribution in [0.3, 0.4) is 0 Å². The zero-order chi connectivity index (χ0) is 12.0. The number of carbonyl (C=O) groups is 2. The number of benzene rings is 1. The molecule has 5 heteroatoms. The van der Waals surface area contributed by atoms with Gasteiger partial charge in [0.2, 0.25) is 5.60 Å². The zero-order valence-corrected chi connectivity index (χ0v) is 9.23. The van der Waals surface area contributed by atoms with Gasteiger partial charge in [0, 0.05) is 11.5 Å². The Morgan fingerprint density at radius 2 is 2.12 bits per heavy atom. The van der Waals surface area contributed by atoms with E-state index in [1.165, 1.54) is 0 Å². The van der Waals surface area contributed by atoms with Crippen molar-refractivity contribution in [1.82, 2.24) is 5.32 Å². The molecule has 0 bridgehead atoms. The topological polar surface area (TPSA) is 64.6 Å². The average Bonchev–Trinajstić information content (AvgIpc) is 2.61. The Hall–Kier alpha value is -2.04. The molecule has 1 fully saturated rings. The minimum atomic E-state index is -1.23. The molecule has 17 heavy (non-hydrogen) atoms. The number of ether oxygens (including phenoxy) is 2. The van der Waals surface area contributed by atoms with Gasteiger partial charge in [0.05, 0.1) is 6.61 Å². The molecule has 88 valence electrons. The second-order valence-corrected chi connectivity index (χ2v) is 4.29. The van der Waals surface area contributed by atoms with Crippen LogP contribution in [0.15, 0.2) is 24.3 Å². The predicted octanol–water partition coefficient (Wildman–Crippen LogP) is 1.18. The van der Waals surface area contributed by atoms with Crippen molar-refractivity contribution in [2.24, 2.45) is 5.92 Å². The zero-order valence-electron chi connectivity index (χ0n) is 9.23. The Labute approximate surface area is 97.7 Å². The molecule has 3 rings (SSSR count). The minimum Gasteiger partial charge on any atom is -0.493 e. The van der Waals surface area contributed by atoms with Gasteiger partial charge in [-0.25, -0.2) is 4.79 Å². The summed E-state index contributed by atoms with van der Waals surface area (Å²) in [5.41, 5.74) is -0.617. The molecule has 2 atom stereocenters. The number of fused-ring (bicyclic) bond motifs is 2. The van der Waals surface area contributed by atoms with Gasteiger partial charge in [0.15, 0.2) is 0 Å². The highest BCUT2D eigenvalue weighted by atomic mass is 16.6. The molecule has 2 heterocycles. The van der Waals surface area contributed by atoms with Gasteiger partial charge in [-0.15, -0.1) is 0 Å². The molecule has 1 spiro atoms. The summed E-state index contributed by atoms with van der Waals surface area (Å²) in [6.45, 7) is 2.17. The maximum Gasteiger partial charge on any atom is 0.415 e. The van der Waals surface area contributed by atoms with E-state index in [0.717, 1.165) is 0 Å². The van der Waals surface area contributed by atoms with Crippen LogP contribution < -0.4 is 10.1 Å². The number of alkyl carbamates (subject to hydrolysis) is 1. The lowest BCUT2D eigenvalue weighted by molar-refractivity contribution is -0.139. The minimum absolute atomic E-state index is 0.219. The maximum absolute atomic E-state index is 12.0. The van der Waals surface area contributed by atoms with Gasteiger partial charge in [-0.3, -0.25) is 10.1 Å². The Bertz CT molecular complexity index is 513. The number of carbonyl (C=O) groups excluding carboxylic acids is 2. The van der Waals surface area contributed by atoms with Gasteiger partial charge in [-0.05, 0) is 6.07 Å². The van der Waals surface area contributed by atoms with E-state index in [-0.39, 0.29) is 5.92 Å². The number of amides is 2.